The number of carbonyl (C=O) groups is 2. The van der Waals surface area contributed by atoms with Crippen LogP contribution in [0.3, 0.4) is 0 Å². The molecule has 0 aliphatic heterocycles. The molecule has 1 N–H and O–H groups in total. The Hall–Kier alpha value is -2.70. The molecule has 0 spiro atoms. The van der Waals surface area contributed by atoms with Crippen LogP contribution in [0.2, 0.25) is 0 Å². The molecule has 2 rings (SSSR count). The van der Waals surface area contributed by atoms with Crippen LogP contribution in [-0.4, -0.2) is 43.8 Å². The molecule has 0 aliphatic rings. The average Bonchev–Trinajstić information content (AvgIpc) is 2.59. The van der Waals surface area contributed by atoms with Gasteiger partial charge in [0.15, 0.2) is 0 Å². The third kappa shape index (κ3) is 5.98. The van der Waals surface area contributed by atoms with Crippen LogP contribution < -0.4 is 5.59 Å². The topological polar surface area (TPSA) is 64.6 Å². The molecular formula is C20H25N2O4+. The number of fused-ring (bicyclic) bond motifs is 1. The van der Waals surface area contributed by atoms with Crippen LogP contribution >= 0.6 is 0 Å². The van der Waals surface area contributed by atoms with Crippen molar-refractivity contribution in [1.29, 1.82) is 0 Å². The van der Waals surface area contributed by atoms with Crippen LogP contribution in [0.1, 0.15) is 12.5 Å². The Balaban J connectivity index is 1.81. The Kier molecular flexibility index (Phi) is 6.49. The van der Waals surface area contributed by atoms with Crippen molar-refractivity contribution in [2.45, 2.75) is 13.3 Å². The lowest BCUT2D eigenvalue weighted by Gasteiger charge is -2.27. The van der Waals surface area contributed by atoms with Crippen molar-refractivity contribution in [1.82, 2.24) is 5.59 Å². The molecule has 6 nitrogen and oxygen atoms in total. The van der Waals surface area contributed by atoms with Crippen LogP contribution in [0.4, 0.5) is 0 Å². The summed E-state index contributed by atoms with van der Waals surface area (Å²) in [6.07, 6.45) is 0.169. The summed E-state index contributed by atoms with van der Waals surface area (Å²) >= 11 is 0. The smallest absolute Gasteiger partial charge is 0.335 e. The van der Waals surface area contributed by atoms with E-state index >= 15 is 0 Å². The average molecular weight is 357 g/mol. The van der Waals surface area contributed by atoms with Crippen molar-refractivity contribution in [3.05, 3.63) is 60.2 Å². The van der Waals surface area contributed by atoms with Gasteiger partial charge in [0.1, 0.15) is 13.2 Å². The molecule has 0 aromatic heterocycles. The molecule has 0 fully saturated rings. The van der Waals surface area contributed by atoms with Crippen LogP contribution in [0, 0.1) is 0 Å². The molecule has 0 radical (unpaired) electrons. The second kappa shape index (κ2) is 8.60. The zero-order chi connectivity index (χ0) is 19.2. The highest BCUT2D eigenvalue weighted by molar-refractivity contribution is 5.87. The molecule has 2 aromatic rings. The van der Waals surface area contributed by atoms with Gasteiger partial charge in [0.2, 0.25) is 0 Å². The van der Waals surface area contributed by atoms with Gasteiger partial charge in [0.25, 0.3) is 0 Å². The summed E-state index contributed by atoms with van der Waals surface area (Å²) in [6.45, 7) is 5.74. The summed E-state index contributed by atoms with van der Waals surface area (Å²) < 4.78 is 5.21. The number of rotatable bonds is 8. The second-order valence-corrected chi connectivity index (χ2v) is 6.75. The van der Waals surface area contributed by atoms with Gasteiger partial charge in [-0.15, -0.1) is 0 Å². The van der Waals surface area contributed by atoms with Gasteiger partial charge < -0.3 is 9.57 Å². The number of hydrogen-bond acceptors (Lipinski definition) is 5. The summed E-state index contributed by atoms with van der Waals surface area (Å²) in [6, 6.07) is 13.9. The molecule has 0 unspecified atom stereocenters. The lowest BCUT2D eigenvalue weighted by Crippen LogP contribution is -2.54. The Morgan fingerprint density at radius 3 is 2.50 bits per heavy atom. The van der Waals surface area contributed by atoms with Crippen molar-refractivity contribution in [2.24, 2.45) is 0 Å². The van der Waals surface area contributed by atoms with Crippen molar-refractivity contribution in [3.63, 3.8) is 0 Å². The number of quaternary nitrogens is 1. The highest BCUT2D eigenvalue weighted by Gasteiger charge is 2.19. The number of nitrogens with one attached hydrogen (secondary N) is 1. The fourth-order valence-electron chi connectivity index (χ4n) is 2.26. The van der Waals surface area contributed by atoms with E-state index in [-0.39, 0.29) is 23.6 Å². The first-order chi connectivity index (χ1) is 12.3. The van der Waals surface area contributed by atoms with Gasteiger partial charge in [-0.2, -0.15) is 0 Å². The minimum atomic E-state index is -0.432. The number of carbonyl (C=O) groups excluding carboxylic acids is 2. The number of benzene rings is 2. The highest BCUT2D eigenvalue weighted by atomic mass is 16.7. The molecule has 0 amide bonds. The minimum absolute atomic E-state index is 0.160. The van der Waals surface area contributed by atoms with E-state index in [0.29, 0.717) is 12.1 Å². The van der Waals surface area contributed by atoms with Crippen LogP contribution in [0.5, 0.6) is 0 Å². The van der Waals surface area contributed by atoms with Crippen LogP contribution in [-0.2, 0) is 25.6 Å². The minimum Gasteiger partial charge on any atom is -0.456 e. The molecule has 0 saturated heterocycles. The first kappa shape index (κ1) is 19.6. The van der Waals surface area contributed by atoms with Gasteiger partial charge in [-0.3, -0.25) is 0 Å². The van der Waals surface area contributed by atoms with Gasteiger partial charge in [0.05, 0.1) is 20.5 Å². The van der Waals surface area contributed by atoms with Gasteiger partial charge >= 0.3 is 11.9 Å². The Bertz CT molecular complexity index is 814. The molecule has 138 valence electrons. The van der Waals surface area contributed by atoms with Crippen molar-refractivity contribution in [2.75, 3.05) is 27.2 Å². The Morgan fingerprint density at radius 1 is 1.12 bits per heavy atom. The number of likely N-dealkylation sites (N-methyl/N-ethyl adjacent to an activating group) is 1. The highest BCUT2D eigenvalue weighted by Crippen LogP contribution is 2.16. The zero-order valence-corrected chi connectivity index (χ0v) is 15.5. The molecule has 26 heavy (non-hydrogen) atoms. The molecule has 0 atom stereocenters. The molecule has 6 heteroatoms. The third-order valence-corrected chi connectivity index (χ3v) is 3.80. The second-order valence-electron chi connectivity index (χ2n) is 6.75. The van der Waals surface area contributed by atoms with E-state index in [4.69, 9.17) is 9.57 Å². The molecule has 2 aromatic carbocycles. The van der Waals surface area contributed by atoms with Crippen molar-refractivity contribution in [3.8, 4) is 0 Å². The van der Waals surface area contributed by atoms with Crippen LogP contribution in [0.15, 0.2) is 54.6 Å². The summed E-state index contributed by atoms with van der Waals surface area (Å²) in [4.78, 5) is 28.6. The molecule has 0 heterocycles. The summed E-state index contributed by atoms with van der Waals surface area (Å²) in [5.74, 6) is -0.816. The molecule has 0 aliphatic carbocycles. The van der Waals surface area contributed by atoms with E-state index in [1.807, 2.05) is 42.5 Å². The Morgan fingerprint density at radius 2 is 1.81 bits per heavy atom. The fourth-order valence-corrected chi connectivity index (χ4v) is 2.26. The lowest BCUT2D eigenvalue weighted by atomic mass is 10.1. The lowest BCUT2D eigenvalue weighted by molar-refractivity contribution is -0.958. The van der Waals surface area contributed by atoms with E-state index in [2.05, 4.69) is 12.2 Å². The standard InChI is InChI=1S/C20H25N2O4/c1-15(2)20(24)25-12-11-22(3,4)21-26-19(23)14-16-9-10-17-7-5-6-8-18(17)13-16/h5-10,13,21H,1,11-12,14H2,2-4H3/q+1. The third-order valence-electron chi connectivity index (χ3n) is 3.80. The van der Waals surface area contributed by atoms with Crippen molar-refractivity contribution < 1.29 is 23.8 Å². The number of ether oxygens (including phenoxy) is 1. The van der Waals surface area contributed by atoms with E-state index < -0.39 is 5.97 Å². The Labute approximate surface area is 153 Å². The molecule has 0 saturated carbocycles. The maximum atomic E-state index is 12.1. The summed E-state index contributed by atoms with van der Waals surface area (Å²) in [7, 11) is 3.61. The van der Waals surface area contributed by atoms with Gasteiger partial charge in [-0.05, 0) is 23.3 Å². The van der Waals surface area contributed by atoms with Gasteiger partial charge in [-0.25, -0.2) is 14.2 Å². The number of esters is 1. The van der Waals surface area contributed by atoms with E-state index in [1.165, 1.54) is 0 Å². The summed E-state index contributed by atoms with van der Waals surface area (Å²) in [5, 5.41) is 2.21. The molecular weight excluding hydrogens is 332 g/mol. The SMILES string of the molecule is C=C(C)C(=O)OCC[N+](C)(C)NOC(=O)Cc1ccc2ccccc2c1. The first-order valence-corrected chi connectivity index (χ1v) is 8.37. The monoisotopic (exact) mass is 357 g/mol. The number of nitrogens with zero attached hydrogens (tertiary/aromatic N) is 1. The quantitative estimate of drug-likeness (QED) is 0.340. The maximum Gasteiger partial charge on any atom is 0.335 e. The zero-order valence-electron chi connectivity index (χ0n) is 15.5. The largest absolute Gasteiger partial charge is 0.456 e. The predicted molar refractivity (Wildman–Crippen MR) is 99.6 cm³/mol. The molecule has 0 bridgehead atoms. The predicted octanol–water partition coefficient (Wildman–Crippen LogP) is 2.54. The first-order valence-electron chi connectivity index (χ1n) is 8.37. The van der Waals surface area contributed by atoms with Crippen LogP contribution in [0.25, 0.3) is 10.8 Å². The van der Waals surface area contributed by atoms with Gasteiger partial charge in [0, 0.05) is 11.2 Å². The van der Waals surface area contributed by atoms with Crippen molar-refractivity contribution >= 4 is 22.7 Å². The van der Waals surface area contributed by atoms with Gasteiger partial charge in [-0.1, -0.05) is 49.0 Å². The van der Waals surface area contributed by atoms with E-state index in [0.717, 1.165) is 16.3 Å². The fraction of sp³-hybridized carbons (Fsp3) is 0.300. The normalized spacial score (nSPS) is 11.2. The number of hydrogen-bond donors (Lipinski definition) is 1. The summed E-state index contributed by atoms with van der Waals surface area (Å²) in [5.41, 5.74) is 3.93. The van der Waals surface area contributed by atoms with E-state index in [1.54, 1.807) is 21.0 Å². The maximum absolute atomic E-state index is 12.1. The van der Waals surface area contributed by atoms with E-state index in [9.17, 15) is 9.59 Å².